The lowest BCUT2D eigenvalue weighted by molar-refractivity contribution is -0.0170. The van der Waals surface area contributed by atoms with Gasteiger partial charge in [0.1, 0.15) is 0 Å². The van der Waals surface area contributed by atoms with E-state index in [-0.39, 0.29) is 6.10 Å². The molecule has 3 rings (SSSR count). The fraction of sp³-hybridized carbons (Fsp3) is 0.294. The number of ether oxygens (including phenoxy) is 1. The van der Waals surface area contributed by atoms with E-state index in [1.165, 1.54) is 5.56 Å². The molecule has 1 N–H and O–H groups in total. The lowest BCUT2D eigenvalue weighted by Crippen LogP contribution is -2.45. The van der Waals surface area contributed by atoms with Gasteiger partial charge in [0.05, 0.1) is 22.8 Å². The van der Waals surface area contributed by atoms with E-state index in [4.69, 9.17) is 27.9 Å². The molecule has 0 bridgehead atoms. The zero-order valence-corrected chi connectivity index (χ0v) is 13.1. The van der Waals surface area contributed by atoms with Crippen LogP contribution in [-0.4, -0.2) is 13.1 Å². The summed E-state index contributed by atoms with van der Waals surface area (Å²) in [5.41, 5.74) is 2.27. The molecule has 110 valence electrons. The van der Waals surface area contributed by atoms with Crippen molar-refractivity contribution in [3.05, 3.63) is 69.7 Å². The van der Waals surface area contributed by atoms with E-state index in [2.05, 4.69) is 17.4 Å². The molecule has 0 spiro atoms. The van der Waals surface area contributed by atoms with Gasteiger partial charge >= 0.3 is 0 Å². The van der Waals surface area contributed by atoms with E-state index in [0.717, 1.165) is 18.7 Å². The van der Waals surface area contributed by atoms with Crippen LogP contribution in [0.5, 0.6) is 0 Å². The van der Waals surface area contributed by atoms with Crippen molar-refractivity contribution in [1.82, 2.24) is 5.32 Å². The molecule has 21 heavy (non-hydrogen) atoms. The van der Waals surface area contributed by atoms with Gasteiger partial charge in [-0.1, -0.05) is 59.6 Å². The van der Waals surface area contributed by atoms with E-state index < -0.39 is 0 Å². The largest absolute Gasteiger partial charge is 0.368 e. The Morgan fingerprint density at radius 3 is 2.43 bits per heavy atom. The molecule has 1 saturated heterocycles. The van der Waals surface area contributed by atoms with Crippen LogP contribution in [0.3, 0.4) is 0 Å². The molecule has 0 amide bonds. The zero-order chi connectivity index (χ0) is 14.7. The number of halogens is 2. The lowest BCUT2D eigenvalue weighted by Gasteiger charge is -2.35. The molecular weight excluding hydrogens is 305 g/mol. The Hall–Kier alpha value is -1.06. The van der Waals surface area contributed by atoms with Crippen LogP contribution in [0.25, 0.3) is 0 Å². The molecule has 0 aromatic heterocycles. The van der Waals surface area contributed by atoms with Gasteiger partial charge in [0.15, 0.2) is 0 Å². The summed E-state index contributed by atoms with van der Waals surface area (Å²) in [6, 6.07) is 16.0. The molecule has 2 aromatic carbocycles. The summed E-state index contributed by atoms with van der Waals surface area (Å²) in [5.74, 6) is 0.478. The van der Waals surface area contributed by atoms with Gasteiger partial charge in [-0.15, -0.1) is 0 Å². The Labute approximate surface area is 135 Å². The third-order valence-corrected chi connectivity index (χ3v) is 4.52. The Morgan fingerprint density at radius 1 is 1.05 bits per heavy atom. The predicted octanol–water partition coefficient (Wildman–Crippen LogP) is 4.47. The molecule has 0 radical (unpaired) electrons. The van der Waals surface area contributed by atoms with Crippen molar-refractivity contribution < 1.29 is 4.74 Å². The van der Waals surface area contributed by atoms with Crippen LogP contribution in [0.4, 0.5) is 0 Å². The maximum Gasteiger partial charge on any atom is 0.0882 e. The topological polar surface area (TPSA) is 21.3 Å². The highest BCUT2D eigenvalue weighted by molar-refractivity contribution is 6.42. The second-order valence-electron chi connectivity index (χ2n) is 5.31. The van der Waals surface area contributed by atoms with E-state index in [1.807, 2.05) is 36.4 Å². The molecule has 2 nitrogen and oxygen atoms in total. The minimum absolute atomic E-state index is 0.0428. The van der Waals surface area contributed by atoms with E-state index >= 15 is 0 Å². The highest BCUT2D eigenvalue weighted by Crippen LogP contribution is 2.33. The summed E-state index contributed by atoms with van der Waals surface area (Å²) >= 11 is 12.1. The first-order valence-electron chi connectivity index (χ1n) is 7.05. The number of hydrogen-bond acceptors (Lipinski definition) is 2. The van der Waals surface area contributed by atoms with Gasteiger partial charge in [-0.05, 0) is 23.3 Å². The van der Waals surface area contributed by atoms with Crippen LogP contribution in [-0.2, 0) is 11.3 Å². The van der Waals surface area contributed by atoms with Crippen LogP contribution in [0.2, 0.25) is 10.0 Å². The van der Waals surface area contributed by atoms with Crippen LogP contribution in [0, 0.1) is 5.92 Å². The molecule has 4 heteroatoms. The Bertz CT molecular complexity index is 599. The molecule has 0 saturated carbocycles. The van der Waals surface area contributed by atoms with Gasteiger partial charge in [0, 0.05) is 19.0 Å². The monoisotopic (exact) mass is 321 g/mol. The van der Waals surface area contributed by atoms with Crippen molar-refractivity contribution in [3.8, 4) is 0 Å². The molecule has 1 aliphatic rings. The zero-order valence-electron chi connectivity index (χ0n) is 11.6. The van der Waals surface area contributed by atoms with Crippen molar-refractivity contribution in [2.75, 3.05) is 13.1 Å². The summed E-state index contributed by atoms with van der Waals surface area (Å²) in [6.07, 6.45) is 0.0428. The Morgan fingerprint density at radius 2 is 1.81 bits per heavy atom. The average molecular weight is 322 g/mol. The van der Waals surface area contributed by atoms with Crippen molar-refractivity contribution in [2.24, 2.45) is 5.92 Å². The van der Waals surface area contributed by atoms with Crippen LogP contribution < -0.4 is 5.32 Å². The first-order valence-corrected chi connectivity index (χ1v) is 7.81. The lowest BCUT2D eigenvalue weighted by atomic mass is 9.91. The standard InChI is InChI=1S/C17H17Cl2NO/c18-15-7-6-13(8-16(15)19)17(14-9-20-10-14)21-11-12-4-2-1-3-5-12/h1-8,14,17,20H,9-11H2/t17-/m0/s1. The first kappa shape index (κ1) is 14.9. The van der Waals surface area contributed by atoms with E-state index in [9.17, 15) is 0 Å². The van der Waals surface area contributed by atoms with Gasteiger partial charge in [0.2, 0.25) is 0 Å². The van der Waals surface area contributed by atoms with Gasteiger partial charge < -0.3 is 10.1 Å². The fourth-order valence-corrected chi connectivity index (χ4v) is 2.79. The summed E-state index contributed by atoms with van der Waals surface area (Å²) in [6.45, 7) is 2.54. The number of nitrogens with one attached hydrogen (secondary N) is 1. The van der Waals surface area contributed by atoms with Crippen LogP contribution in [0.1, 0.15) is 17.2 Å². The quantitative estimate of drug-likeness (QED) is 0.877. The molecule has 0 unspecified atom stereocenters. The molecule has 0 aliphatic carbocycles. The number of benzene rings is 2. The molecule has 2 aromatic rings. The van der Waals surface area contributed by atoms with Crippen molar-refractivity contribution in [3.63, 3.8) is 0 Å². The minimum atomic E-state index is 0.0428. The maximum atomic E-state index is 6.17. The Kier molecular flexibility index (Phi) is 4.81. The fourth-order valence-electron chi connectivity index (χ4n) is 2.48. The first-order chi connectivity index (χ1) is 10.2. The summed E-state index contributed by atoms with van der Waals surface area (Å²) in [4.78, 5) is 0. The number of hydrogen-bond donors (Lipinski definition) is 1. The highest BCUT2D eigenvalue weighted by atomic mass is 35.5. The molecule has 1 atom stereocenters. The smallest absolute Gasteiger partial charge is 0.0882 e. The van der Waals surface area contributed by atoms with Gasteiger partial charge in [-0.2, -0.15) is 0 Å². The van der Waals surface area contributed by atoms with Crippen LogP contribution in [0.15, 0.2) is 48.5 Å². The van der Waals surface area contributed by atoms with Gasteiger partial charge in [-0.25, -0.2) is 0 Å². The summed E-state index contributed by atoms with van der Waals surface area (Å²) in [5, 5.41) is 4.45. The third kappa shape index (κ3) is 3.58. The van der Waals surface area contributed by atoms with Crippen molar-refractivity contribution >= 4 is 23.2 Å². The number of rotatable bonds is 5. The summed E-state index contributed by atoms with van der Waals surface area (Å²) < 4.78 is 6.17. The third-order valence-electron chi connectivity index (χ3n) is 3.79. The molecule has 1 fully saturated rings. The Balaban J connectivity index is 1.76. The summed E-state index contributed by atoms with van der Waals surface area (Å²) in [7, 11) is 0. The molecule has 1 aliphatic heterocycles. The van der Waals surface area contributed by atoms with Crippen LogP contribution >= 0.6 is 23.2 Å². The van der Waals surface area contributed by atoms with E-state index in [0.29, 0.717) is 22.6 Å². The molecule has 1 heterocycles. The SMILES string of the molecule is Clc1ccc([C@H](OCc2ccccc2)C2CNC2)cc1Cl. The predicted molar refractivity (Wildman–Crippen MR) is 86.8 cm³/mol. The second kappa shape index (κ2) is 6.80. The van der Waals surface area contributed by atoms with Gasteiger partial charge in [-0.3, -0.25) is 0 Å². The highest BCUT2D eigenvalue weighted by Gasteiger charge is 2.29. The normalized spacial score (nSPS) is 16.5. The van der Waals surface area contributed by atoms with Crippen molar-refractivity contribution in [1.29, 1.82) is 0 Å². The second-order valence-corrected chi connectivity index (χ2v) is 6.12. The average Bonchev–Trinajstić information content (AvgIpc) is 2.45. The van der Waals surface area contributed by atoms with E-state index in [1.54, 1.807) is 0 Å². The molecular formula is C17H17Cl2NO. The van der Waals surface area contributed by atoms with Crippen molar-refractivity contribution in [2.45, 2.75) is 12.7 Å². The van der Waals surface area contributed by atoms with Gasteiger partial charge in [0.25, 0.3) is 0 Å². The maximum absolute atomic E-state index is 6.17. The minimum Gasteiger partial charge on any atom is -0.368 e.